The summed E-state index contributed by atoms with van der Waals surface area (Å²) in [6.07, 6.45) is 8.62. The van der Waals surface area contributed by atoms with Gasteiger partial charge in [0.05, 0.1) is 30.2 Å². The van der Waals surface area contributed by atoms with Crippen molar-refractivity contribution in [3.8, 4) is 0 Å². The van der Waals surface area contributed by atoms with E-state index in [0.29, 0.717) is 36.5 Å². The fraction of sp³-hybridized carbons (Fsp3) is 0.591. The molecule has 2 unspecified atom stereocenters. The third kappa shape index (κ3) is 6.26. The van der Waals surface area contributed by atoms with Gasteiger partial charge < -0.3 is 25.4 Å². The molecule has 0 saturated carbocycles. The average molecular weight is 448 g/mol. The van der Waals surface area contributed by atoms with Crippen molar-refractivity contribution in [1.29, 1.82) is 0 Å². The lowest BCUT2D eigenvalue weighted by molar-refractivity contribution is -0.121. The van der Waals surface area contributed by atoms with Crippen molar-refractivity contribution in [3.05, 3.63) is 35.0 Å². The number of aliphatic imine (C=N–C) groups is 1. The van der Waals surface area contributed by atoms with Crippen LogP contribution in [0.2, 0.25) is 5.02 Å². The molecule has 4 rings (SSSR count). The Kier molecular flexibility index (Phi) is 7.91. The molecule has 1 aromatic heterocycles. The predicted molar refractivity (Wildman–Crippen MR) is 121 cm³/mol. The molecule has 2 saturated heterocycles. The lowest BCUT2D eigenvalue weighted by atomic mass is 10.00. The predicted octanol–water partition coefficient (Wildman–Crippen LogP) is 2.33. The van der Waals surface area contributed by atoms with Crippen LogP contribution >= 0.6 is 11.6 Å². The van der Waals surface area contributed by atoms with Crippen LogP contribution in [0.15, 0.2) is 29.4 Å². The zero-order valence-corrected chi connectivity index (χ0v) is 18.4. The summed E-state index contributed by atoms with van der Waals surface area (Å²) in [6.45, 7) is 4.82. The van der Waals surface area contributed by atoms with Gasteiger partial charge in [-0.25, -0.2) is 4.98 Å². The number of ether oxygens (including phenoxy) is 2. The Morgan fingerprint density at radius 2 is 2.16 bits per heavy atom. The fourth-order valence-electron chi connectivity index (χ4n) is 3.95. The first-order chi connectivity index (χ1) is 15.2. The van der Waals surface area contributed by atoms with Gasteiger partial charge in [0.2, 0.25) is 5.91 Å². The third-order valence-corrected chi connectivity index (χ3v) is 6.16. The first-order valence-electron chi connectivity index (χ1n) is 11.0. The Balaban J connectivity index is 1.40. The molecule has 4 heterocycles. The maximum Gasteiger partial charge on any atom is 0.232 e. The lowest BCUT2D eigenvalue weighted by Gasteiger charge is -2.25. The van der Waals surface area contributed by atoms with Crippen molar-refractivity contribution in [2.24, 2.45) is 16.8 Å². The highest BCUT2D eigenvalue weighted by atomic mass is 35.5. The van der Waals surface area contributed by atoms with E-state index < -0.39 is 0 Å². The van der Waals surface area contributed by atoms with E-state index in [4.69, 9.17) is 26.1 Å². The van der Waals surface area contributed by atoms with E-state index in [2.05, 4.69) is 27.0 Å². The molecule has 2 fully saturated rings. The van der Waals surface area contributed by atoms with Crippen LogP contribution in [0.4, 0.5) is 5.82 Å². The maximum absolute atomic E-state index is 12.6. The van der Waals surface area contributed by atoms with E-state index >= 15 is 0 Å². The minimum absolute atomic E-state index is 0.0209. The SMILES string of the molecule is O=C(Nc1cc(C2CC=CC(=NCC3CCOCC3)N2)c(Cl)cn1)C1CNCCOC1. The average Bonchev–Trinajstić information content (AvgIpc) is 3.10. The van der Waals surface area contributed by atoms with Crippen LogP contribution in [0.25, 0.3) is 0 Å². The second kappa shape index (κ2) is 11.0. The van der Waals surface area contributed by atoms with Crippen LogP contribution in [0.3, 0.4) is 0 Å². The van der Waals surface area contributed by atoms with Crippen molar-refractivity contribution in [1.82, 2.24) is 15.6 Å². The number of amidine groups is 1. The van der Waals surface area contributed by atoms with Crippen LogP contribution in [0, 0.1) is 11.8 Å². The molecule has 0 bridgehead atoms. The van der Waals surface area contributed by atoms with Gasteiger partial charge in [0.15, 0.2) is 0 Å². The van der Waals surface area contributed by atoms with Gasteiger partial charge in [-0.15, -0.1) is 0 Å². The van der Waals surface area contributed by atoms with E-state index in [1.807, 2.05) is 12.1 Å². The standard InChI is InChI=1S/C22H30ClN5O3/c23-18-13-26-21(28-22(29)16-12-24-6-9-31-14-16)10-17(18)19-2-1-3-20(27-19)25-11-15-4-7-30-8-5-15/h1,3,10,13,15-16,19,24H,2,4-9,11-12,14H2,(H,25,27)(H,26,28,29). The number of nitrogens with zero attached hydrogens (tertiary/aromatic N) is 2. The number of amides is 1. The van der Waals surface area contributed by atoms with E-state index in [1.54, 1.807) is 6.20 Å². The summed E-state index contributed by atoms with van der Waals surface area (Å²) in [4.78, 5) is 21.7. The highest BCUT2D eigenvalue weighted by Crippen LogP contribution is 2.29. The highest BCUT2D eigenvalue weighted by Gasteiger charge is 2.23. The van der Waals surface area contributed by atoms with Gasteiger partial charge in [-0.1, -0.05) is 17.7 Å². The molecular weight excluding hydrogens is 418 g/mol. The van der Waals surface area contributed by atoms with Crippen molar-refractivity contribution in [3.63, 3.8) is 0 Å². The molecule has 9 heteroatoms. The molecule has 1 aromatic rings. The molecule has 1 amide bonds. The second-order valence-corrected chi connectivity index (χ2v) is 8.58. The van der Waals surface area contributed by atoms with Gasteiger partial charge in [0.1, 0.15) is 11.7 Å². The molecule has 2 atom stereocenters. The summed E-state index contributed by atoms with van der Waals surface area (Å²) in [5, 5.41) is 10.2. The van der Waals surface area contributed by atoms with Crippen molar-refractivity contribution in [2.45, 2.75) is 25.3 Å². The number of rotatable bonds is 5. The number of aromatic nitrogens is 1. The Morgan fingerprint density at radius 3 is 3.03 bits per heavy atom. The largest absolute Gasteiger partial charge is 0.381 e. The number of hydrogen-bond acceptors (Lipinski definition) is 6. The Hall–Kier alpha value is -2.00. The number of carbonyl (C=O) groups excluding carboxylic acids is 1. The Labute approximate surface area is 187 Å². The van der Waals surface area contributed by atoms with E-state index in [0.717, 1.165) is 57.0 Å². The van der Waals surface area contributed by atoms with Gasteiger partial charge >= 0.3 is 0 Å². The molecule has 3 aliphatic heterocycles. The molecule has 3 aliphatic rings. The number of pyridine rings is 1. The molecule has 0 radical (unpaired) electrons. The van der Waals surface area contributed by atoms with Gasteiger partial charge in [-0.2, -0.15) is 0 Å². The smallest absolute Gasteiger partial charge is 0.232 e. The molecule has 0 spiro atoms. The minimum Gasteiger partial charge on any atom is -0.381 e. The van der Waals surface area contributed by atoms with Crippen molar-refractivity contribution < 1.29 is 14.3 Å². The van der Waals surface area contributed by atoms with Crippen LogP contribution in [-0.4, -0.2) is 62.8 Å². The minimum atomic E-state index is -0.247. The van der Waals surface area contributed by atoms with Gasteiger partial charge in [0.25, 0.3) is 0 Å². The van der Waals surface area contributed by atoms with Crippen LogP contribution in [0.5, 0.6) is 0 Å². The summed E-state index contributed by atoms with van der Waals surface area (Å²) in [7, 11) is 0. The van der Waals surface area contributed by atoms with Crippen LogP contribution in [-0.2, 0) is 14.3 Å². The van der Waals surface area contributed by atoms with Crippen molar-refractivity contribution in [2.75, 3.05) is 51.4 Å². The Morgan fingerprint density at radius 1 is 1.29 bits per heavy atom. The number of hydrogen-bond donors (Lipinski definition) is 3. The number of anilines is 1. The molecule has 0 aliphatic carbocycles. The van der Waals surface area contributed by atoms with Crippen LogP contribution in [0.1, 0.15) is 30.9 Å². The summed E-state index contributed by atoms with van der Waals surface area (Å²) >= 11 is 6.46. The second-order valence-electron chi connectivity index (χ2n) is 8.17. The van der Waals surface area contributed by atoms with Crippen LogP contribution < -0.4 is 16.0 Å². The number of nitrogens with one attached hydrogen (secondary N) is 3. The molecule has 8 nitrogen and oxygen atoms in total. The highest BCUT2D eigenvalue weighted by molar-refractivity contribution is 6.31. The zero-order valence-electron chi connectivity index (χ0n) is 17.6. The van der Waals surface area contributed by atoms with E-state index in [1.165, 1.54) is 0 Å². The zero-order chi connectivity index (χ0) is 21.5. The lowest BCUT2D eigenvalue weighted by Crippen LogP contribution is -2.33. The van der Waals surface area contributed by atoms with E-state index in [-0.39, 0.29) is 17.9 Å². The quantitative estimate of drug-likeness (QED) is 0.641. The van der Waals surface area contributed by atoms with Crippen molar-refractivity contribution >= 4 is 29.2 Å². The molecule has 3 N–H and O–H groups in total. The van der Waals surface area contributed by atoms with Gasteiger partial charge in [-0.3, -0.25) is 9.79 Å². The topological polar surface area (TPSA) is 96.9 Å². The summed E-state index contributed by atoms with van der Waals surface area (Å²) < 4.78 is 10.9. The van der Waals surface area contributed by atoms with Gasteiger partial charge in [0, 0.05) is 39.0 Å². The molecular formula is C22H30ClN5O3. The summed E-state index contributed by atoms with van der Waals surface area (Å²) in [6, 6.07) is 1.82. The monoisotopic (exact) mass is 447 g/mol. The fourth-order valence-corrected chi connectivity index (χ4v) is 4.19. The first-order valence-corrected chi connectivity index (χ1v) is 11.4. The summed E-state index contributed by atoms with van der Waals surface area (Å²) in [5.41, 5.74) is 0.894. The Bertz CT molecular complexity index is 817. The normalized spacial score (nSPS) is 26.3. The van der Waals surface area contributed by atoms with E-state index in [9.17, 15) is 4.79 Å². The number of halogens is 1. The molecule has 31 heavy (non-hydrogen) atoms. The number of carbonyl (C=O) groups is 1. The first kappa shape index (κ1) is 22.2. The van der Waals surface area contributed by atoms with Gasteiger partial charge in [-0.05, 0) is 42.9 Å². The maximum atomic E-state index is 12.6. The molecule has 0 aromatic carbocycles. The summed E-state index contributed by atoms with van der Waals surface area (Å²) in [5.74, 6) is 1.58. The molecule has 168 valence electrons. The third-order valence-electron chi connectivity index (χ3n) is 5.85.